The summed E-state index contributed by atoms with van der Waals surface area (Å²) in [4.78, 5) is 15.8. The smallest absolute Gasteiger partial charge is 0.153 e. The molecule has 0 unspecified atom stereocenters. The largest absolute Gasteiger partial charge is 0.486 e. The molecule has 0 atom stereocenters. The minimum atomic E-state index is 0.323. The van der Waals surface area contributed by atoms with Crippen LogP contribution in [0.2, 0.25) is 10.0 Å². The molecule has 1 aromatic heterocycles. The minimum absolute atomic E-state index is 0.323. The average Bonchev–Trinajstić information content (AvgIpc) is 2.79. The number of halogens is 2. The number of benzene rings is 1. The first-order chi connectivity index (χ1) is 8.20. The number of ether oxygens (including phenoxy) is 1. The lowest BCUT2D eigenvalue weighted by Gasteiger charge is -2.09. The Balaban J connectivity index is 2.22. The third-order valence-electron chi connectivity index (χ3n) is 2.01. The van der Waals surface area contributed by atoms with Crippen LogP contribution in [0.4, 0.5) is 0 Å². The van der Waals surface area contributed by atoms with E-state index in [9.17, 15) is 4.79 Å². The molecule has 0 fully saturated rings. The highest BCUT2D eigenvalue weighted by atomic mass is 35.5. The van der Waals surface area contributed by atoms with Gasteiger partial charge < -0.3 is 4.74 Å². The number of carbonyl (C=O) groups is 1. The Morgan fingerprint density at radius 3 is 2.88 bits per heavy atom. The van der Waals surface area contributed by atoms with Crippen LogP contribution in [-0.4, -0.2) is 11.3 Å². The normalized spacial score (nSPS) is 10.2. The van der Waals surface area contributed by atoms with Crippen LogP contribution in [0.3, 0.4) is 0 Å². The molecule has 17 heavy (non-hydrogen) atoms. The van der Waals surface area contributed by atoms with E-state index in [1.165, 1.54) is 23.5 Å². The molecule has 0 amide bonds. The van der Waals surface area contributed by atoms with E-state index < -0.39 is 0 Å². The van der Waals surface area contributed by atoms with E-state index in [-0.39, 0.29) is 0 Å². The molecule has 0 aliphatic heterocycles. The molecular formula is C11H7Cl2NO2S. The second kappa shape index (κ2) is 5.49. The Bertz CT molecular complexity index is 529. The second-order valence-electron chi connectivity index (χ2n) is 3.18. The molecule has 0 aliphatic rings. The van der Waals surface area contributed by atoms with Crippen LogP contribution in [0.25, 0.3) is 0 Å². The van der Waals surface area contributed by atoms with Crippen molar-refractivity contribution in [3.05, 3.63) is 44.3 Å². The lowest BCUT2D eigenvalue weighted by molar-refractivity contribution is 0.111. The zero-order valence-electron chi connectivity index (χ0n) is 8.52. The van der Waals surface area contributed by atoms with Gasteiger partial charge in [0.05, 0.1) is 21.0 Å². The third kappa shape index (κ3) is 2.97. The fraction of sp³-hybridized carbons (Fsp3) is 0.0909. The summed E-state index contributed by atoms with van der Waals surface area (Å²) in [6, 6.07) is 3.06. The van der Waals surface area contributed by atoms with Gasteiger partial charge in [-0.2, -0.15) is 0 Å². The van der Waals surface area contributed by atoms with E-state index in [1.54, 1.807) is 11.7 Å². The van der Waals surface area contributed by atoms with Gasteiger partial charge in [-0.25, -0.2) is 0 Å². The first-order valence-electron chi connectivity index (χ1n) is 4.65. The molecular weight excluding hydrogens is 281 g/mol. The summed E-state index contributed by atoms with van der Waals surface area (Å²) in [5, 5.41) is 0.728. The highest BCUT2D eigenvalue weighted by Crippen LogP contribution is 2.32. The summed E-state index contributed by atoms with van der Waals surface area (Å²) in [6.45, 7) is 0.326. The van der Waals surface area contributed by atoms with E-state index in [1.807, 2.05) is 0 Å². The number of nitrogens with zero attached hydrogens (tertiary/aromatic N) is 1. The van der Waals surface area contributed by atoms with E-state index in [0.717, 1.165) is 4.88 Å². The zero-order chi connectivity index (χ0) is 12.3. The summed E-state index contributed by atoms with van der Waals surface area (Å²) >= 11 is 13.2. The van der Waals surface area contributed by atoms with Crippen molar-refractivity contribution in [2.75, 3.05) is 0 Å². The topological polar surface area (TPSA) is 39.2 Å². The molecule has 0 saturated heterocycles. The van der Waals surface area contributed by atoms with Crippen LogP contribution < -0.4 is 4.74 Å². The molecule has 2 aromatic rings. The Kier molecular flexibility index (Phi) is 3.99. The number of carbonyl (C=O) groups excluding carboxylic acids is 1. The fourth-order valence-corrected chi connectivity index (χ4v) is 2.35. The fourth-order valence-electron chi connectivity index (χ4n) is 1.28. The Labute approximate surface area is 112 Å². The summed E-state index contributed by atoms with van der Waals surface area (Å²) in [6.07, 6.45) is 2.37. The Morgan fingerprint density at radius 2 is 2.24 bits per heavy atom. The van der Waals surface area contributed by atoms with Gasteiger partial charge in [0.15, 0.2) is 6.29 Å². The second-order valence-corrected chi connectivity index (χ2v) is 4.99. The SMILES string of the molecule is O=Cc1cc(Cl)cc(Cl)c1OCc1cncs1. The molecule has 3 nitrogen and oxygen atoms in total. The number of hydrogen-bond donors (Lipinski definition) is 0. The average molecular weight is 288 g/mol. The van der Waals surface area contributed by atoms with Crippen molar-refractivity contribution < 1.29 is 9.53 Å². The number of hydrogen-bond acceptors (Lipinski definition) is 4. The van der Waals surface area contributed by atoms with Crippen molar-refractivity contribution >= 4 is 40.8 Å². The van der Waals surface area contributed by atoms with Crippen molar-refractivity contribution in [3.63, 3.8) is 0 Å². The molecule has 0 saturated carbocycles. The number of aromatic nitrogens is 1. The van der Waals surface area contributed by atoms with E-state index in [0.29, 0.717) is 34.3 Å². The lowest BCUT2D eigenvalue weighted by atomic mass is 10.2. The minimum Gasteiger partial charge on any atom is -0.486 e. The van der Waals surface area contributed by atoms with Crippen molar-refractivity contribution in [2.45, 2.75) is 6.61 Å². The van der Waals surface area contributed by atoms with Gasteiger partial charge in [0.2, 0.25) is 0 Å². The maximum Gasteiger partial charge on any atom is 0.153 e. The molecule has 1 aromatic carbocycles. The van der Waals surface area contributed by atoms with E-state index in [4.69, 9.17) is 27.9 Å². The van der Waals surface area contributed by atoms with E-state index in [2.05, 4.69) is 4.98 Å². The Hall–Kier alpha value is -1.10. The van der Waals surface area contributed by atoms with Crippen LogP contribution in [0, 0.1) is 0 Å². The van der Waals surface area contributed by atoms with Crippen molar-refractivity contribution in [1.82, 2.24) is 4.98 Å². The summed E-state index contributed by atoms with van der Waals surface area (Å²) in [7, 11) is 0. The first kappa shape index (κ1) is 12.4. The first-order valence-corrected chi connectivity index (χ1v) is 6.28. The van der Waals surface area contributed by atoms with Crippen molar-refractivity contribution in [2.24, 2.45) is 0 Å². The quantitative estimate of drug-likeness (QED) is 0.802. The highest BCUT2D eigenvalue weighted by molar-refractivity contribution is 7.09. The van der Waals surface area contributed by atoms with Gasteiger partial charge in [0.25, 0.3) is 0 Å². The van der Waals surface area contributed by atoms with E-state index >= 15 is 0 Å². The molecule has 1 heterocycles. The number of aldehydes is 1. The van der Waals surface area contributed by atoms with Gasteiger partial charge in [-0.15, -0.1) is 11.3 Å². The predicted molar refractivity (Wildman–Crippen MR) is 68.3 cm³/mol. The van der Waals surface area contributed by atoms with Crippen molar-refractivity contribution in [3.8, 4) is 5.75 Å². The zero-order valence-corrected chi connectivity index (χ0v) is 10.9. The maximum absolute atomic E-state index is 10.9. The highest BCUT2D eigenvalue weighted by Gasteiger charge is 2.10. The third-order valence-corrected chi connectivity index (χ3v) is 3.26. The monoisotopic (exact) mass is 287 g/mol. The number of rotatable bonds is 4. The number of thiazole rings is 1. The van der Waals surface area contributed by atoms with Crippen LogP contribution in [0.15, 0.2) is 23.8 Å². The van der Waals surface area contributed by atoms with Gasteiger partial charge in [0.1, 0.15) is 12.4 Å². The molecule has 88 valence electrons. The summed E-state index contributed by atoms with van der Waals surface area (Å²) < 4.78 is 5.51. The summed E-state index contributed by atoms with van der Waals surface area (Å²) in [5.41, 5.74) is 2.05. The van der Waals surface area contributed by atoms with Gasteiger partial charge in [-0.1, -0.05) is 23.2 Å². The van der Waals surface area contributed by atoms with Crippen LogP contribution in [0.5, 0.6) is 5.75 Å². The maximum atomic E-state index is 10.9. The molecule has 0 aliphatic carbocycles. The van der Waals surface area contributed by atoms with Crippen LogP contribution in [0.1, 0.15) is 15.2 Å². The molecule has 2 rings (SSSR count). The van der Waals surface area contributed by atoms with Crippen molar-refractivity contribution in [1.29, 1.82) is 0 Å². The molecule has 0 N–H and O–H groups in total. The Morgan fingerprint density at radius 1 is 1.41 bits per heavy atom. The molecule has 6 heteroatoms. The summed E-state index contributed by atoms with van der Waals surface area (Å²) in [5.74, 6) is 0.347. The molecule has 0 bridgehead atoms. The van der Waals surface area contributed by atoms with Gasteiger partial charge >= 0.3 is 0 Å². The van der Waals surface area contributed by atoms with Gasteiger partial charge in [0, 0.05) is 11.2 Å². The predicted octanol–water partition coefficient (Wildman–Crippen LogP) is 3.84. The van der Waals surface area contributed by atoms with Gasteiger partial charge in [-0.3, -0.25) is 9.78 Å². The van der Waals surface area contributed by atoms with Gasteiger partial charge in [-0.05, 0) is 12.1 Å². The lowest BCUT2D eigenvalue weighted by Crippen LogP contribution is -1.97. The van der Waals surface area contributed by atoms with Crippen LogP contribution in [-0.2, 0) is 6.61 Å². The van der Waals surface area contributed by atoms with Crippen LogP contribution >= 0.6 is 34.5 Å². The molecule has 0 spiro atoms. The molecule has 0 radical (unpaired) electrons. The standard InChI is InChI=1S/C11H7Cl2NO2S/c12-8-1-7(4-15)11(10(13)2-8)16-5-9-3-14-6-17-9/h1-4,6H,5H2.